The van der Waals surface area contributed by atoms with Gasteiger partial charge in [0.25, 0.3) is 0 Å². The molecular weight excluding hydrogens is 300 g/mol. The summed E-state index contributed by atoms with van der Waals surface area (Å²) in [7, 11) is 3.95. The standard InChI is InChI=1S/C19H24N4O/c1-22-14-6-5-7-15(22)13-23(12-14)19-11-10-17(20-21-19)16-8-3-4-9-18(16)24-2/h3-4,8-11,14-15H,5-7,12-13H2,1-2H3. The third-order valence-corrected chi connectivity index (χ3v) is 5.45. The Balaban J connectivity index is 1.56. The van der Waals surface area contributed by atoms with E-state index >= 15 is 0 Å². The molecule has 2 aromatic rings. The first-order chi connectivity index (χ1) is 11.8. The van der Waals surface area contributed by atoms with Crippen LogP contribution in [0, 0.1) is 0 Å². The maximum atomic E-state index is 5.42. The van der Waals surface area contributed by atoms with E-state index in [1.165, 1.54) is 19.3 Å². The normalized spacial score (nSPS) is 24.0. The number of piperazine rings is 1. The van der Waals surface area contributed by atoms with Crippen molar-refractivity contribution in [1.29, 1.82) is 0 Å². The molecule has 126 valence electrons. The minimum Gasteiger partial charge on any atom is -0.496 e. The van der Waals surface area contributed by atoms with Gasteiger partial charge in [-0.2, -0.15) is 0 Å². The van der Waals surface area contributed by atoms with Crippen LogP contribution in [-0.2, 0) is 0 Å². The first kappa shape index (κ1) is 15.4. The van der Waals surface area contributed by atoms with Gasteiger partial charge in [0, 0.05) is 30.7 Å². The lowest BCUT2D eigenvalue weighted by molar-refractivity contribution is 0.0946. The van der Waals surface area contributed by atoms with Gasteiger partial charge < -0.3 is 9.64 Å². The highest BCUT2D eigenvalue weighted by molar-refractivity contribution is 5.67. The summed E-state index contributed by atoms with van der Waals surface area (Å²) in [5.41, 5.74) is 1.83. The smallest absolute Gasteiger partial charge is 0.151 e. The first-order valence-electron chi connectivity index (χ1n) is 8.70. The molecule has 2 fully saturated rings. The van der Waals surface area contributed by atoms with Gasteiger partial charge in [0.1, 0.15) is 5.75 Å². The Labute approximate surface area is 143 Å². The predicted molar refractivity (Wildman–Crippen MR) is 95.4 cm³/mol. The molecule has 2 atom stereocenters. The van der Waals surface area contributed by atoms with E-state index in [0.29, 0.717) is 12.1 Å². The number of fused-ring (bicyclic) bond motifs is 2. The van der Waals surface area contributed by atoms with Crippen LogP contribution in [0.4, 0.5) is 5.82 Å². The number of nitrogens with zero attached hydrogens (tertiary/aromatic N) is 4. The molecule has 24 heavy (non-hydrogen) atoms. The molecule has 1 aromatic carbocycles. The highest BCUT2D eigenvalue weighted by Gasteiger charge is 2.35. The second-order valence-electron chi connectivity index (χ2n) is 6.79. The molecule has 1 aromatic heterocycles. The second-order valence-corrected chi connectivity index (χ2v) is 6.79. The molecule has 0 amide bonds. The molecular formula is C19H24N4O. The molecule has 2 aliphatic heterocycles. The number of ether oxygens (including phenoxy) is 1. The predicted octanol–water partition coefficient (Wildman–Crippen LogP) is 2.83. The van der Waals surface area contributed by atoms with Crippen LogP contribution in [0.2, 0.25) is 0 Å². The van der Waals surface area contributed by atoms with Gasteiger partial charge in [-0.1, -0.05) is 18.6 Å². The summed E-state index contributed by atoms with van der Waals surface area (Å²) in [5.74, 6) is 1.81. The number of hydrogen-bond acceptors (Lipinski definition) is 5. The average Bonchev–Trinajstić information content (AvgIpc) is 2.62. The average molecular weight is 324 g/mol. The summed E-state index contributed by atoms with van der Waals surface area (Å²) in [6.45, 7) is 2.10. The van der Waals surface area contributed by atoms with Gasteiger partial charge in [-0.25, -0.2) is 0 Å². The summed E-state index contributed by atoms with van der Waals surface area (Å²) in [5, 5.41) is 8.97. The van der Waals surface area contributed by atoms with Crippen LogP contribution in [0.5, 0.6) is 5.75 Å². The number of methoxy groups -OCH3 is 1. The first-order valence-corrected chi connectivity index (χ1v) is 8.70. The molecule has 2 unspecified atom stereocenters. The van der Waals surface area contributed by atoms with Crippen LogP contribution in [0.1, 0.15) is 19.3 Å². The number of aromatic nitrogens is 2. The third-order valence-electron chi connectivity index (χ3n) is 5.45. The van der Waals surface area contributed by atoms with E-state index < -0.39 is 0 Å². The van der Waals surface area contributed by atoms with E-state index in [9.17, 15) is 0 Å². The number of anilines is 1. The van der Waals surface area contributed by atoms with Crippen molar-refractivity contribution in [2.75, 3.05) is 32.1 Å². The zero-order valence-electron chi connectivity index (χ0n) is 14.4. The highest BCUT2D eigenvalue weighted by Crippen LogP contribution is 2.31. The zero-order valence-corrected chi connectivity index (χ0v) is 14.4. The minimum atomic E-state index is 0.646. The fourth-order valence-electron chi connectivity index (χ4n) is 4.00. The SMILES string of the molecule is COc1ccccc1-c1ccc(N2CC3CCCC(C2)N3C)nn1. The number of rotatable bonds is 3. The Bertz CT molecular complexity index is 689. The molecule has 2 aliphatic rings. The van der Waals surface area contributed by atoms with Crippen LogP contribution < -0.4 is 9.64 Å². The molecule has 2 saturated heterocycles. The molecule has 5 heteroatoms. The topological polar surface area (TPSA) is 41.5 Å². The summed E-state index contributed by atoms with van der Waals surface area (Å²) < 4.78 is 5.42. The van der Waals surface area contributed by atoms with Gasteiger partial charge in [0.05, 0.1) is 12.8 Å². The quantitative estimate of drug-likeness (QED) is 0.868. The van der Waals surface area contributed by atoms with E-state index in [4.69, 9.17) is 4.74 Å². The van der Waals surface area contributed by atoms with E-state index in [2.05, 4.69) is 33.1 Å². The van der Waals surface area contributed by atoms with Crippen molar-refractivity contribution >= 4 is 5.82 Å². The van der Waals surface area contributed by atoms with Crippen molar-refractivity contribution in [1.82, 2.24) is 15.1 Å². The van der Waals surface area contributed by atoms with Crippen LogP contribution >= 0.6 is 0 Å². The zero-order chi connectivity index (χ0) is 16.5. The molecule has 4 rings (SSSR count). The minimum absolute atomic E-state index is 0.646. The number of benzene rings is 1. The van der Waals surface area contributed by atoms with Crippen molar-refractivity contribution in [3.63, 3.8) is 0 Å². The maximum Gasteiger partial charge on any atom is 0.151 e. The van der Waals surface area contributed by atoms with Crippen molar-refractivity contribution in [3.8, 4) is 17.0 Å². The van der Waals surface area contributed by atoms with Gasteiger partial charge >= 0.3 is 0 Å². The molecule has 3 heterocycles. The fraction of sp³-hybridized carbons (Fsp3) is 0.474. The Hall–Kier alpha value is -2.14. The number of piperidine rings is 1. The monoisotopic (exact) mass is 324 g/mol. The molecule has 2 bridgehead atoms. The summed E-state index contributed by atoms with van der Waals surface area (Å²) in [6, 6.07) is 13.4. The van der Waals surface area contributed by atoms with Gasteiger partial charge in [-0.3, -0.25) is 4.90 Å². The molecule has 0 N–H and O–H groups in total. The Morgan fingerprint density at radius 2 is 1.75 bits per heavy atom. The number of para-hydroxylation sites is 1. The molecule has 0 spiro atoms. The fourth-order valence-corrected chi connectivity index (χ4v) is 4.00. The lowest BCUT2D eigenvalue weighted by Gasteiger charge is -2.48. The largest absolute Gasteiger partial charge is 0.496 e. The van der Waals surface area contributed by atoms with Crippen LogP contribution in [-0.4, -0.2) is 54.4 Å². The van der Waals surface area contributed by atoms with Crippen LogP contribution in [0.25, 0.3) is 11.3 Å². The lowest BCUT2D eigenvalue weighted by atomic mass is 9.92. The van der Waals surface area contributed by atoms with Gasteiger partial charge in [-0.15, -0.1) is 10.2 Å². The molecule has 0 aliphatic carbocycles. The number of likely N-dealkylation sites (N-methyl/N-ethyl adjacent to an activating group) is 1. The Kier molecular flexibility index (Phi) is 4.10. The third kappa shape index (κ3) is 2.73. The number of hydrogen-bond donors (Lipinski definition) is 0. The van der Waals surface area contributed by atoms with Crippen molar-refractivity contribution in [3.05, 3.63) is 36.4 Å². The summed E-state index contributed by atoms with van der Waals surface area (Å²) in [6.07, 6.45) is 3.93. The van der Waals surface area contributed by atoms with E-state index in [0.717, 1.165) is 35.9 Å². The Morgan fingerprint density at radius 1 is 1.00 bits per heavy atom. The van der Waals surface area contributed by atoms with Crippen molar-refractivity contribution in [2.24, 2.45) is 0 Å². The summed E-state index contributed by atoms with van der Waals surface area (Å²) in [4.78, 5) is 4.95. The van der Waals surface area contributed by atoms with Crippen LogP contribution in [0.15, 0.2) is 36.4 Å². The van der Waals surface area contributed by atoms with Crippen molar-refractivity contribution < 1.29 is 4.74 Å². The van der Waals surface area contributed by atoms with E-state index in [1.807, 2.05) is 30.3 Å². The second kappa shape index (κ2) is 6.40. The molecule has 0 radical (unpaired) electrons. The van der Waals surface area contributed by atoms with Gasteiger partial charge in [-0.05, 0) is 44.2 Å². The maximum absolute atomic E-state index is 5.42. The summed E-state index contributed by atoms with van der Waals surface area (Å²) >= 11 is 0. The van der Waals surface area contributed by atoms with Crippen molar-refractivity contribution in [2.45, 2.75) is 31.3 Å². The lowest BCUT2D eigenvalue weighted by Crippen LogP contribution is -2.59. The van der Waals surface area contributed by atoms with Gasteiger partial charge in [0.2, 0.25) is 0 Å². The molecule has 5 nitrogen and oxygen atoms in total. The van der Waals surface area contributed by atoms with E-state index in [1.54, 1.807) is 7.11 Å². The van der Waals surface area contributed by atoms with E-state index in [-0.39, 0.29) is 0 Å². The molecule has 0 saturated carbocycles. The Morgan fingerprint density at radius 3 is 2.42 bits per heavy atom. The highest BCUT2D eigenvalue weighted by atomic mass is 16.5. The van der Waals surface area contributed by atoms with Crippen LogP contribution in [0.3, 0.4) is 0 Å². The van der Waals surface area contributed by atoms with Gasteiger partial charge in [0.15, 0.2) is 5.82 Å².